The highest BCUT2D eigenvalue weighted by Gasteiger charge is 2.24. The molecule has 2 unspecified atom stereocenters. The van der Waals surface area contributed by atoms with Crippen molar-refractivity contribution < 1.29 is 8.39 Å². The first kappa shape index (κ1) is 10.4. The minimum Gasteiger partial charge on any atom is -0.290 e. The zero-order valence-electron chi connectivity index (χ0n) is 8.31. The molecule has 1 fully saturated rings. The van der Waals surface area contributed by atoms with Crippen molar-refractivity contribution >= 4 is 11.1 Å². The van der Waals surface area contributed by atoms with Gasteiger partial charge in [-0.3, -0.25) is 4.18 Å². The standard InChI is InChI=1S/C12H12O2S/c1-2-10-3-5-11(6-4-10)9-12-7-8-14-15(12)13/h1,3-6,12H,7-9H2. The highest BCUT2D eigenvalue weighted by atomic mass is 32.2. The molecule has 1 saturated heterocycles. The molecule has 2 nitrogen and oxygen atoms in total. The Balaban J connectivity index is 2.05. The summed E-state index contributed by atoms with van der Waals surface area (Å²) in [5.74, 6) is 2.57. The molecule has 2 atom stereocenters. The number of benzene rings is 1. The maximum Gasteiger partial charge on any atom is 0.159 e. The summed E-state index contributed by atoms with van der Waals surface area (Å²) in [7, 11) is 0. The van der Waals surface area contributed by atoms with Gasteiger partial charge in [0.25, 0.3) is 0 Å². The molecule has 1 heterocycles. The summed E-state index contributed by atoms with van der Waals surface area (Å²) in [5, 5.41) is 0.140. The van der Waals surface area contributed by atoms with Gasteiger partial charge in [0.1, 0.15) is 0 Å². The summed E-state index contributed by atoms with van der Waals surface area (Å²) < 4.78 is 16.4. The van der Waals surface area contributed by atoms with E-state index in [1.807, 2.05) is 24.3 Å². The van der Waals surface area contributed by atoms with Crippen LogP contribution >= 0.6 is 0 Å². The Morgan fingerprint density at radius 1 is 1.47 bits per heavy atom. The third-order valence-electron chi connectivity index (χ3n) is 2.50. The van der Waals surface area contributed by atoms with Gasteiger partial charge in [0.2, 0.25) is 0 Å². The minimum absolute atomic E-state index is 0.140. The van der Waals surface area contributed by atoms with Gasteiger partial charge in [-0.1, -0.05) is 18.1 Å². The normalized spacial score (nSPS) is 25.0. The fraction of sp³-hybridized carbons (Fsp3) is 0.333. The Hall–Kier alpha value is -1.11. The lowest BCUT2D eigenvalue weighted by atomic mass is 10.1. The Labute approximate surface area is 92.3 Å². The number of hydrogen-bond donors (Lipinski definition) is 0. The van der Waals surface area contributed by atoms with Crippen LogP contribution in [0.5, 0.6) is 0 Å². The third-order valence-corrected chi connectivity index (χ3v) is 3.84. The molecule has 0 spiro atoms. The zero-order valence-corrected chi connectivity index (χ0v) is 9.13. The average molecular weight is 220 g/mol. The van der Waals surface area contributed by atoms with Gasteiger partial charge in [-0.2, -0.15) is 0 Å². The zero-order chi connectivity index (χ0) is 10.7. The topological polar surface area (TPSA) is 26.3 Å². The summed E-state index contributed by atoms with van der Waals surface area (Å²) in [6.07, 6.45) is 6.95. The van der Waals surface area contributed by atoms with Gasteiger partial charge in [-0.15, -0.1) is 6.42 Å². The van der Waals surface area contributed by atoms with Crippen LogP contribution in [-0.4, -0.2) is 16.1 Å². The van der Waals surface area contributed by atoms with Crippen LogP contribution < -0.4 is 0 Å². The monoisotopic (exact) mass is 220 g/mol. The molecule has 0 amide bonds. The second-order valence-corrected chi connectivity index (χ2v) is 4.96. The first-order chi connectivity index (χ1) is 7.29. The second kappa shape index (κ2) is 4.61. The lowest BCUT2D eigenvalue weighted by Gasteiger charge is -2.06. The van der Waals surface area contributed by atoms with Crippen LogP contribution in [0.1, 0.15) is 17.5 Å². The van der Waals surface area contributed by atoms with Crippen molar-refractivity contribution in [3.8, 4) is 12.3 Å². The SMILES string of the molecule is C#Cc1ccc(CC2CCOS2=O)cc1. The number of terminal acetylenes is 1. The van der Waals surface area contributed by atoms with Gasteiger partial charge >= 0.3 is 0 Å². The van der Waals surface area contributed by atoms with Crippen LogP contribution in [0.3, 0.4) is 0 Å². The third kappa shape index (κ3) is 2.47. The van der Waals surface area contributed by atoms with E-state index in [9.17, 15) is 4.21 Å². The molecule has 0 aliphatic carbocycles. The minimum atomic E-state index is -1.11. The van der Waals surface area contributed by atoms with Crippen LogP contribution in [0, 0.1) is 12.3 Å². The van der Waals surface area contributed by atoms with Gasteiger partial charge in [0, 0.05) is 5.56 Å². The molecule has 78 valence electrons. The van der Waals surface area contributed by atoms with Crippen LogP contribution in [0.25, 0.3) is 0 Å². The van der Waals surface area contributed by atoms with Gasteiger partial charge in [0.05, 0.1) is 11.9 Å². The average Bonchev–Trinajstić information content (AvgIpc) is 2.66. The molecule has 2 rings (SSSR count). The molecule has 0 bridgehead atoms. The van der Waals surface area contributed by atoms with E-state index in [0.717, 1.165) is 24.0 Å². The molecular formula is C12H12O2S. The molecule has 1 aliphatic rings. The molecular weight excluding hydrogens is 208 g/mol. The lowest BCUT2D eigenvalue weighted by Crippen LogP contribution is -2.11. The molecule has 1 aliphatic heterocycles. The Kier molecular flexibility index (Phi) is 3.20. The van der Waals surface area contributed by atoms with Crippen molar-refractivity contribution in [1.82, 2.24) is 0 Å². The van der Waals surface area contributed by atoms with Crippen molar-refractivity contribution in [1.29, 1.82) is 0 Å². The molecule has 1 aromatic rings. The Morgan fingerprint density at radius 3 is 2.73 bits per heavy atom. The van der Waals surface area contributed by atoms with E-state index in [4.69, 9.17) is 10.6 Å². The summed E-state index contributed by atoms with van der Waals surface area (Å²) in [6, 6.07) is 7.80. The highest BCUT2D eigenvalue weighted by Crippen LogP contribution is 2.18. The van der Waals surface area contributed by atoms with Crippen LogP contribution in [-0.2, 0) is 21.7 Å². The van der Waals surface area contributed by atoms with Crippen molar-refractivity contribution in [2.75, 3.05) is 6.61 Å². The summed E-state index contributed by atoms with van der Waals surface area (Å²) in [5.41, 5.74) is 2.04. The van der Waals surface area contributed by atoms with E-state index < -0.39 is 11.1 Å². The highest BCUT2D eigenvalue weighted by molar-refractivity contribution is 7.81. The van der Waals surface area contributed by atoms with Crippen molar-refractivity contribution in [3.63, 3.8) is 0 Å². The van der Waals surface area contributed by atoms with Crippen molar-refractivity contribution in [2.24, 2.45) is 0 Å². The maximum absolute atomic E-state index is 11.4. The van der Waals surface area contributed by atoms with E-state index in [0.29, 0.717) is 6.61 Å². The molecule has 0 saturated carbocycles. The van der Waals surface area contributed by atoms with Gasteiger partial charge in [-0.05, 0) is 30.5 Å². The van der Waals surface area contributed by atoms with E-state index in [1.165, 1.54) is 0 Å². The van der Waals surface area contributed by atoms with Crippen LogP contribution in [0.15, 0.2) is 24.3 Å². The van der Waals surface area contributed by atoms with E-state index in [-0.39, 0.29) is 5.25 Å². The first-order valence-electron chi connectivity index (χ1n) is 4.89. The van der Waals surface area contributed by atoms with Crippen LogP contribution in [0.4, 0.5) is 0 Å². The lowest BCUT2D eigenvalue weighted by molar-refractivity contribution is 0.380. The predicted molar refractivity (Wildman–Crippen MR) is 60.6 cm³/mol. The van der Waals surface area contributed by atoms with Gasteiger partial charge in [0.15, 0.2) is 11.1 Å². The quantitative estimate of drug-likeness (QED) is 0.709. The Morgan fingerprint density at radius 2 is 2.20 bits per heavy atom. The molecule has 0 N–H and O–H groups in total. The van der Waals surface area contributed by atoms with Crippen molar-refractivity contribution in [2.45, 2.75) is 18.1 Å². The molecule has 0 radical (unpaired) electrons. The summed E-state index contributed by atoms with van der Waals surface area (Å²) >= 11 is -1.11. The maximum atomic E-state index is 11.4. The van der Waals surface area contributed by atoms with E-state index >= 15 is 0 Å². The molecule has 3 heteroatoms. The predicted octanol–water partition coefficient (Wildman–Crippen LogP) is 1.66. The Bertz CT molecular complexity index is 403. The first-order valence-corrected chi connectivity index (χ1v) is 6.03. The fourth-order valence-electron chi connectivity index (χ4n) is 1.62. The number of rotatable bonds is 2. The van der Waals surface area contributed by atoms with E-state index in [2.05, 4.69) is 5.92 Å². The second-order valence-electron chi connectivity index (χ2n) is 3.54. The smallest absolute Gasteiger partial charge is 0.159 e. The molecule has 15 heavy (non-hydrogen) atoms. The fourth-order valence-corrected chi connectivity index (χ4v) is 2.69. The van der Waals surface area contributed by atoms with E-state index in [1.54, 1.807) is 0 Å². The molecule has 0 aromatic heterocycles. The summed E-state index contributed by atoms with van der Waals surface area (Å²) in [4.78, 5) is 0. The van der Waals surface area contributed by atoms with Crippen LogP contribution in [0.2, 0.25) is 0 Å². The van der Waals surface area contributed by atoms with Crippen molar-refractivity contribution in [3.05, 3.63) is 35.4 Å². The summed E-state index contributed by atoms with van der Waals surface area (Å²) in [6.45, 7) is 0.611. The van der Waals surface area contributed by atoms with Gasteiger partial charge in [-0.25, -0.2) is 4.21 Å². The van der Waals surface area contributed by atoms with Gasteiger partial charge < -0.3 is 0 Å². The largest absolute Gasteiger partial charge is 0.290 e. The molecule has 1 aromatic carbocycles. The number of hydrogen-bond acceptors (Lipinski definition) is 2.